The van der Waals surface area contributed by atoms with Crippen molar-refractivity contribution in [2.75, 3.05) is 19.0 Å². The zero-order chi connectivity index (χ0) is 15.3. The Morgan fingerprint density at radius 3 is 2.81 bits per heavy atom. The van der Waals surface area contributed by atoms with Crippen LogP contribution in [0.1, 0.15) is 52.0 Å². The zero-order valence-electron chi connectivity index (χ0n) is 13.1. The van der Waals surface area contributed by atoms with Crippen LogP contribution in [-0.4, -0.2) is 40.1 Å². The van der Waals surface area contributed by atoms with Gasteiger partial charge in [-0.15, -0.1) is 5.10 Å². The number of nitrogens with one attached hydrogen (secondary N) is 2. The van der Waals surface area contributed by atoms with Gasteiger partial charge in [0.25, 0.3) is 0 Å². The molecule has 0 spiro atoms. The molecule has 1 fully saturated rings. The van der Waals surface area contributed by atoms with Gasteiger partial charge < -0.3 is 10.1 Å². The number of methoxy groups -OCH3 is 1. The Hall–Kier alpha value is -1.63. The fourth-order valence-corrected chi connectivity index (χ4v) is 2.69. The number of urea groups is 1. The third-order valence-corrected chi connectivity index (χ3v) is 3.64. The number of aromatic nitrogens is 3. The van der Waals surface area contributed by atoms with Crippen molar-refractivity contribution < 1.29 is 9.53 Å². The van der Waals surface area contributed by atoms with E-state index in [-0.39, 0.29) is 6.03 Å². The molecule has 1 aliphatic carbocycles. The van der Waals surface area contributed by atoms with Crippen LogP contribution in [0.25, 0.3) is 0 Å². The molecule has 0 aromatic carbocycles. The van der Waals surface area contributed by atoms with E-state index in [4.69, 9.17) is 4.74 Å². The number of nitrogens with zero attached hydrogens (tertiary/aromatic N) is 3. The SMILES string of the molecule is COCC(C)(C)NC(=O)Nc1ncn(C2CCCCC2)n1. The smallest absolute Gasteiger partial charge is 0.322 e. The maximum Gasteiger partial charge on any atom is 0.322 e. The van der Waals surface area contributed by atoms with Gasteiger partial charge in [0.1, 0.15) is 6.33 Å². The minimum Gasteiger partial charge on any atom is -0.382 e. The number of carbonyl (C=O) groups excluding carboxylic acids is 1. The van der Waals surface area contributed by atoms with Crippen molar-refractivity contribution in [1.82, 2.24) is 20.1 Å². The molecule has 0 radical (unpaired) electrons. The fourth-order valence-electron chi connectivity index (χ4n) is 2.69. The first-order chi connectivity index (χ1) is 10.00. The maximum absolute atomic E-state index is 11.9. The van der Waals surface area contributed by atoms with Crippen LogP contribution in [0.2, 0.25) is 0 Å². The largest absolute Gasteiger partial charge is 0.382 e. The van der Waals surface area contributed by atoms with E-state index in [1.54, 1.807) is 13.4 Å². The highest BCUT2D eigenvalue weighted by molar-refractivity contribution is 5.87. The highest BCUT2D eigenvalue weighted by Crippen LogP contribution is 2.27. The Kier molecular flexibility index (Phi) is 5.17. The fraction of sp³-hybridized carbons (Fsp3) is 0.786. The zero-order valence-corrected chi connectivity index (χ0v) is 13.1. The van der Waals surface area contributed by atoms with E-state index in [1.807, 2.05) is 18.5 Å². The third-order valence-electron chi connectivity index (χ3n) is 3.64. The summed E-state index contributed by atoms with van der Waals surface area (Å²) < 4.78 is 6.93. The van der Waals surface area contributed by atoms with Gasteiger partial charge in [-0.2, -0.15) is 0 Å². The molecular formula is C14H25N5O2. The molecule has 0 saturated heterocycles. The summed E-state index contributed by atoms with van der Waals surface area (Å²) >= 11 is 0. The number of rotatable bonds is 5. The normalized spacial score (nSPS) is 16.7. The lowest BCUT2D eigenvalue weighted by atomic mass is 9.96. The summed E-state index contributed by atoms with van der Waals surface area (Å²) in [4.78, 5) is 16.1. The van der Waals surface area contributed by atoms with Crippen molar-refractivity contribution in [1.29, 1.82) is 0 Å². The van der Waals surface area contributed by atoms with Gasteiger partial charge in [0.05, 0.1) is 18.2 Å². The van der Waals surface area contributed by atoms with Gasteiger partial charge in [0, 0.05) is 7.11 Å². The maximum atomic E-state index is 11.9. The van der Waals surface area contributed by atoms with Crippen LogP contribution in [0, 0.1) is 0 Å². The average Bonchev–Trinajstić information content (AvgIpc) is 2.87. The molecule has 7 nitrogen and oxygen atoms in total. The average molecular weight is 295 g/mol. The molecule has 7 heteroatoms. The number of anilines is 1. The molecule has 0 atom stereocenters. The number of hydrogen-bond acceptors (Lipinski definition) is 4. The first kappa shape index (κ1) is 15.8. The molecule has 0 unspecified atom stereocenters. The third kappa shape index (κ3) is 4.70. The molecule has 1 aromatic rings. The van der Waals surface area contributed by atoms with E-state index >= 15 is 0 Å². The van der Waals surface area contributed by atoms with Crippen molar-refractivity contribution in [2.24, 2.45) is 0 Å². The lowest BCUT2D eigenvalue weighted by Crippen LogP contribution is -2.48. The van der Waals surface area contributed by atoms with E-state index in [2.05, 4.69) is 20.7 Å². The number of amides is 2. The molecule has 2 amide bonds. The standard InChI is InChI=1S/C14H25N5O2/c1-14(2,9-21-3)17-13(20)16-12-15-10-19(18-12)11-7-5-4-6-8-11/h10-11H,4-9H2,1-3H3,(H2,16,17,18,20). The van der Waals surface area contributed by atoms with Gasteiger partial charge in [-0.1, -0.05) is 19.3 Å². The Morgan fingerprint density at radius 1 is 1.43 bits per heavy atom. The Balaban J connectivity index is 1.88. The highest BCUT2D eigenvalue weighted by Gasteiger charge is 2.21. The van der Waals surface area contributed by atoms with Crippen LogP contribution >= 0.6 is 0 Å². The van der Waals surface area contributed by atoms with Crippen molar-refractivity contribution in [2.45, 2.75) is 57.5 Å². The number of hydrogen-bond donors (Lipinski definition) is 2. The van der Waals surface area contributed by atoms with Crippen LogP contribution in [-0.2, 0) is 4.74 Å². The topological polar surface area (TPSA) is 81.1 Å². The van der Waals surface area contributed by atoms with Crippen LogP contribution in [0.5, 0.6) is 0 Å². The second-order valence-corrected chi connectivity index (χ2v) is 6.24. The number of ether oxygens (including phenoxy) is 1. The van der Waals surface area contributed by atoms with Gasteiger partial charge in [-0.25, -0.2) is 14.5 Å². The van der Waals surface area contributed by atoms with Gasteiger partial charge >= 0.3 is 6.03 Å². The van der Waals surface area contributed by atoms with E-state index in [1.165, 1.54) is 19.3 Å². The summed E-state index contributed by atoms with van der Waals surface area (Å²) in [5.74, 6) is 0.339. The van der Waals surface area contributed by atoms with Crippen LogP contribution in [0.3, 0.4) is 0 Å². The van der Waals surface area contributed by atoms with E-state index in [0.29, 0.717) is 18.6 Å². The molecule has 2 N–H and O–H groups in total. The quantitative estimate of drug-likeness (QED) is 0.873. The summed E-state index contributed by atoms with van der Waals surface area (Å²) in [6.45, 7) is 4.22. The van der Waals surface area contributed by atoms with Gasteiger partial charge in [0.15, 0.2) is 0 Å². The minimum absolute atomic E-state index is 0.321. The predicted octanol–water partition coefficient (Wildman–Crippen LogP) is 2.33. The lowest BCUT2D eigenvalue weighted by molar-refractivity contribution is 0.133. The Labute approximate surface area is 125 Å². The first-order valence-electron chi connectivity index (χ1n) is 7.49. The minimum atomic E-state index is -0.440. The molecule has 118 valence electrons. The molecule has 0 bridgehead atoms. The molecule has 1 aromatic heterocycles. The van der Waals surface area contributed by atoms with Crippen molar-refractivity contribution in [3.8, 4) is 0 Å². The predicted molar refractivity (Wildman–Crippen MR) is 80.3 cm³/mol. The molecule has 1 heterocycles. The van der Waals surface area contributed by atoms with Crippen molar-refractivity contribution >= 4 is 12.0 Å². The second kappa shape index (κ2) is 6.89. The second-order valence-electron chi connectivity index (χ2n) is 6.24. The first-order valence-corrected chi connectivity index (χ1v) is 7.49. The van der Waals surface area contributed by atoms with Gasteiger partial charge in [-0.05, 0) is 26.7 Å². The summed E-state index contributed by atoms with van der Waals surface area (Å²) in [5.41, 5.74) is -0.440. The summed E-state index contributed by atoms with van der Waals surface area (Å²) in [7, 11) is 1.61. The molecular weight excluding hydrogens is 270 g/mol. The lowest BCUT2D eigenvalue weighted by Gasteiger charge is -2.24. The molecule has 21 heavy (non-hydrogen) atoms. The van der Waals surface area contributed by atoms with Crippen LogP contribution in [0.15, 0.2) is 6.33 Å². The number of carbonyl (C=O) groups is 1. The highest BCUT2D eigenvalue weighted by atomic mass is 16.5. The van der Waals surface area contributed by atoms with Gasteiger partial charge in [0.2, 0.25) is 5.95 Å². The van der Waals surface area contributed by atoms with Crippen molar-refractivity contribution in [3.63, 3.8) is 0 Å². The van der Waals surface area contributed by atoms with E-state index in [9.17, 15) is 4.79 Å². The Bertz CT molecular complexity index is 466. The van der Waals surface area contributed by atoms with Crippen LogP contribution in [0.4, 0.5) is 10.7 Å². The summed E-state index contributed by atoms with van der Waals surface area (Å²) in [5, 5.41) is 9.85. The van der Waals surface area contributed by atoms with E-state index in [0.717, 1.165) is 12.8 Å². The molecule has 1 aliphatic rings. The Morgan fingerprint density at radius 2 is 2.14 bits per heavy atom. The van der Waals surface area contributed by atoms with Crippen molar-refractivity contribution in [3.05, 3.63) is 6.33 Å². The summed E-state index contributed by atoms with van der Waals surface area (Å²) in [6, 6.07) is 0.0910. The van der Waals surface area contributed by atoms with Crippen LogP contribution < -0.4 is 10.6 Å². The van der Waals surface area contributed by atoms with E-state index < -0.39 is 5.54 Å². The van der Waals surface area contributed by atoms with Gasteiger partial charge in [-0.3, -0.25) is 5.32 Å². The summed E-state index contributed by atoms with van der Waals surface area (Å²) in [6.07, 6.45) is 7.74. The molecule has 0 aliphatic heterocycles. The monoisotopic (exact) mass is 295 g/mol. The molecule has 2 rings (SSSR count). The molecule has 1 saturated carbocycles.